The number of aryl methyl sites for hydroxylation is 1. The lowest BCUT2D eigenvalue weighted by atomic mass is 10.2. The van der Waals surface area contributed by atoms with Gasteiger partial charge in [0, 0.05) is 12.5 Å². The van der Waals surface area contributed by atoms with Crippen molar-refractivity contribution in [2.45, 2.75) is 25.6 Å². The molecule has 1 aromatic heterocycles. The predicted octanol–water partition coefficient (Wildman–Crippen LogP) is 2.74. The number of rotatable bonds is 5. The van der Waals surface area contributed by atoms with Crippen molar-refractivity contribution in [1.82, 2.24) is 10.1 Å². The van der Waals surface area contributed by atoms with Crippen molar-refractivity contribution in [1.29, 1.82) is 0 Å². The van der Waals surface area contributed by atoms with Gasteiger partial charge in [-0.3, -0.25) is 0 Å². The van der Waals surface area contributed by atoms with Gasteiger partial charge < -0.3 is 14.4 Å². The van der Waals surface area contributed by atoms with Gasteiger partial charge >= 0.3 is 6.18 Å². The van der Waals surface area contributed by atoms with Crippen LogP contribution in [0.3, 0.4) is 0 Å². The smallest absolute Gasteiger partial charge is 0.391 e. The summed E-state index contributed by atoms with van der Waals surface area (Å²) in [6.45, 7) is 1.19. The molecule has 21 heavy (non-hydrogen) atoms. The van der Waals surface area contributed by atoms with Gasteiger partial charge in [-0.05, 0) is 12.1 Å². The summed E-state index contributed by atoms with van der Waals surface area (Å²) in [4.78, 5) is 4.03. The summed E-state index contributed by atoms with van der Waals surface area (Å²) in [5.74, 6) is 1.07. The molecule has 1 atom stereocenters. The van der Waals surface area contributed by atoms with Crippen LogP contribution < -0.4 is 4.74 Å². The number of hydrogen-bond acceptors (Lipinski definition) is 5. The molecule has 1 aromatic carbocycles. The molecule has 0 saturated heterocycles. The molecule has 2 rings (SSSR count). The van der Waals surface area contributed by atoms with E-state index in [2.05, 4.69) is 10.1 Å². The number of aliphatic hydroxyl groups excluding tert-OH is 1. The van der Waals surface area contributed by atoms with Gasteiger partial charge in [0.05, 0.1) is 12.5 Å². The molecule has 0 radical (unpaired) electrons. The lowest BCUT2D eigenvalue weighted by molar-refractivity contribution is -0.156. The Kier molecular flexibility index (Phi) is 4.46. The van der Waals surface area contributed by atoms with Crippen molar-refractivity contribution in [2.75, 3.05) is 6.61 Å². The number of nitrogens with zero attached hydrogens (tertiary/aromatic N) is 2. The van der Waals surface area contributed by atoms with E-state index in [4.69, 9.17) is 9.26 Å². The highest BCUT2D eigenvalue weighted by molar-refractivity contribution is 5.56. The van der Waals surface area contributed by atoms with Gasteiger partial charge in [-0.25, -0.2) is 0 Å². The molecule has 1 N–H and O–H groups in total. The molecule has 0 spiro atoms. The monoisotopic (exact) mass is 302 g/mol. The van der Waals surface area contributed by atoms with Crippen LogP contribution in [-0.2, 0) is 0 Å². The number of aromatic nitrogens is 2. The third kappa shape index (κ3) is 4.75. The average molecular weight is 302 g/mol. The fraction of sp³-hybridized carbons (Fsp3) is 0.385. The summed E-state index contributed by atoms with van der Waals surface area (Å²) < 4.78 is 46.2. The molecule has 8 heteroatoms. The van der Waals surface area contributed by atoms with E-state index in [1.54, 1.807) is 31.2 Å². The lowest BCUT2D eigenvalue weighted by Crippen LogP contribution is -2.25. The fourth-order valence-electron chi connectivity index (χ4n) is 1.66. The Morgan fingerprint density at radius 3 is 2.76 bits per heavy atom. The third-order valence-corrected chi connectivity index (χ3v) is 2.53. The van der Waals surface area contributed by atoms with E-state index in [-0.39, 0.29) is 0 Å². The van der Waals surface area contributed by atoms with Gasteiger partial charge in [-0.2, -0.15) is 18.2 Å². The highest BCUT2D eigenvalue weighted by Crippen LogP contribution is 2.24. The standard InChI is InChI=1S/C13H13F3N2O3/c1-8-17-12(18-21-8)9-3-2-4-11(5-9)20-7-10(19)6-13(14,15)16/h2-5,10,19H,6-7H2,1H3. The first kappa shape index (κ1) is 15.3. The van der Waals surface area contributed by atoms with Crippen LogP contribution in [-0.4, -0.2) is 34.1 Å². The summed E-state index contributed by atoms with van der Waals surface area (Å²) >= 11 is 0. The van der Waals surface area contributed by atoms with Crippen molar-refractivity contribution in [2.24, 2.45) is 0 Å². The van der Waals surface area contributed by atoms with Gasteiger partial charge in [0.25, 0.3) is 0 Å². The van der Waals surface area contributed by atoms with Crippen LogP contribution >= 0.6 is 0 Å². The zero-order chi connectivity index (χ0) is 15.5. The van der Waals surface area contributed by atoms with E-state index in [1.807, 2.05) is 0 Å². The summed E-state index contributed by atoms with van der Waals surface area (Å²) in [6, 6.07) is 6.48. The third-order valence-electron chi connectivity index (χ3n) is 2.53. The van der Waals surface area contributed by atoms with E-state index >= 15 is 0 Å². The first-order valence-electron chi connectivity index (χ1n) is 6.12. The number of halogens is 3. The zero-order valence-electron chi connectivity index (χ0n) is 11.1. The molecule has 0 saturated carbocycles. The maximum Gasteiger partial charge on any atom is 0.391 e. The Morgan fingerprint density at radius 1 is 1.38 bits per heavy atom. The minimum absolute atomic E-state index is 0.316. The van der Waals surface area contributed by atoms with Crippen molar-refractivity contribution in [3.63, 3.8) is 0 Å². The SMILES string of the molecule is Cc1nc(-c2cccc(OCC(O)CC(F)(F)F)c2)no1. The molecule has 2 aromatic rings. The normalized spacial score (nSPS) is 13.2. The number of aliphatic hydroxyl groups is 1. The Balaban J connectivity index is 1.98. The number of alkyl halides is 3. The molecule has 0 fully saturated rings. The summed E-state index contributed by atoms with van der Waals surface area (Å²) in [5.41, 5.74) is 0.606. The minimum Gasteiger partial charge on any atom is -0.491 e. The molecule has 0 bridgehead atoms. The van der Waals surface area contributed by atoms with Crippen LogP contribution in [0.15, 0.2) is 28.8 Å². The largest absolute Gasteiger partial charge is 0.491 e. The van der Waals surface area contributed by atoms with Crippen LogP contribution in [0.5, 0.6) is 5.75 Å². The Hall–Kier alpha value is -2.09. The van der Waals surface area contributed by atoms with Crippen molar-refractivity contribution in [3.8, 4) is 17.1 Å². The highest BCUT2D eigenvalue weighted by atomic mass is 19.4. The summed E-state index contributed by atoms with van der Waals surface area (Å²) in [6.07, 6.45) is -7.34. The minimum atomic E-state index is -4.42. The van der Waals surface area contributed by atoms with E-state index in [0.717, 1.165) is 0 Å². The molecule has 1 heterocycles. The van der Waals surface area contributed by atoms with Crippen LogP contribution in [0.2, 0.25) is 0 Å². The van der Waals surface area contributed by atoms with Crippen molar-refractivity contribution >= 4 is 0 Å². The molecule has 114 valence electrons. The molecular weight excluding hydrogens is 289 g/mol. The van der Waals surface area contributed by atoms with Crippen LogP contribution in [0, 0.1) is 6.92 Å². The average Bonchev–Trinajstić information content (AvgIpc) is 2.82. The maximum atomic E-state index is 12.1. The Labute approximate surface area is 118 Å². The van der Waals surface area contributed by atoms with E-state index < -0.39 is 25.3 Å². The zero-order valence-corrected chi connectivity index (χ0v) is 11.1. The molecular formula is C13H13F3N2O3. The molecule has 0 aliphatic rings. The molecule has 5 nitrogen and oxygen atoms in total. The maximum absolute atomic E-state index is 12.1. The molecule has 1 unspecified atom stereocenters. The first-order valence-corrected chi connectivity index (χ1v) is 6.12. The Bertz CT molecular complexity index is 598. The molecule has 0 aliphatic carbocycles. The van der Waals surface area contributed by atoms with Crippen molar-refractivity contribution < 1.29 is 27.5 Å². The van der Waals surface area contributed by atoms with Gasteiger partial charge in [0.1, 0.15) is 12.4 Å². The topological polar surface area (TPSA) is 68.4 Å². The van der Waals surface area contributed by atoms with Crippen LogP contribution in [0.1, 0.15) is 12.3 Å². The van der Waals surface area contributed by atoms with Gasteiger partial charge in [-0.1, -0.05) is 17.3 Å². The van der Waals surface area contributed by atoms with Gasteiger partial charge in [-0.15, -0.1) is 0 Å². The number of hydrogen-bond donors (Lipinski definition) is 1. The van der Waals surface area contributed by atoms with Crippen molar-refractivity contribution in [3.05, 3.63) is 30.2 Å². The molecule has 0 aliphatic heterocycles. The van der Waals surface area contributed by atoms with Gasteiger partial charge in [0.2, 0.25) is 11.7 Å². The highest BCUT2D eigenvalue weighted by Gasteiger charge is 2.31. The second-order valence-corrected chi connectivity index (χ2v) is 4.45. The van der Waals surface area contributed by atoms with E-state index in [1.165, 1.54) is 0 Å². The van der Waals surface area contributed by atoms with E-state index in [0.29, 0.717) is 23.0 Å². The lowest BCUT2D eigenvalue weighted by Gasteiger charge is -2.14. The second kappa shape index (κ2) is 6.13. The Morgan fingerprint density at radius 2 is 2.14 bits per heavy atom. The number of ether oxygens (including phenoxy) is 1. The summed E-state index contributed by atoms with van der Waals surface area (Å²) in [7, 11) is 0. The second-order valence-electron chi connectivity index (χ2n) is 4.45. The molecule has 0 amide bonds. The van der Waals surface area contributed by atoms with E-state index in [9.17, 15) is 18.3 Å². The fourth-order valence-corrected chi connectivity index (χ4v) is 1.66. The summed E-state index contributed by atoms with van der Waals surface area (Å²) in [5, 5.41) is 13.0. The van der Waals surface area contributed by atoms with Crippen LogP contribution in [0.4, 0.5) is 13.2 Å². The van der Waals surface area contributed by atoms with Gasteiger partial charge in [0.15, 0.2) is 0 Å². The predicted molar refractivity (Wildman–Crippen MR) is 66.6 cm³/mol. The quantitative estimate of drug-likeness (QED) is 0.919. The van der Waals surface area contributed by atoms with Crippen LogP contribution in [0.25, 0.3) is 11.4 Å². The first-order chi connectivity index (χ1) is 9.83. The number of benzene rings is 1.